The van der Waals surface area contributed by atoms with E-state index in [1.807, 2.05) is 0 Å². The lowest BCUT2D eigenvalue weighted by Gasteiger charge is -2.36. The first-order valence-electron chi connectivity index (χ1n) is 8.13. The molecular weight excluding hydrogens is 236 g/mol. The van der Waals surface area contributed by atoms with Crippen molar-refractivity contribution in [2.75, 3.05) is 0 Å². The molecule has 2 nitrogen and oxygen atoms in total. The number of fused-ring (bicyclic) bond motifs is 1. The van der Waals surface area contributed by atoms with E-state index >= 15 is 0 Å². The maximum Gasteiger partial charge on any atom is 0.313 e. The van der Waals surface area contributed by atoms with E-state index in [1.54, 1.807) is 0 Å². The van der Waals surface area contributed by atoms with Crippen molar-refractivity contribution in [2.24, 2.45) is 11.8 Å². The SMILES string of the molecule is CC1CC/C=C\CCCCCCCC2C(=O)O[C@H]2C1. The summed E-state index contributed by atoms with van der Waals surface area (Å²) in [7, 11) is 0. The second-order valence-electron chi connectivity index (χ2n) is 6.32. The van der Waals surface area contributed by atoms with Crippen LogP contribution in [0, 0.1) is 11.8 Å². The molecule has 0 spiro atoms. The monoisotopic (exact) mass is 264 g/mol. The molecule has 1 aliphatic carbocycles. The molecule has 2 heteroatoms. The third kappa shape index (κ3) is 4.67. The number of rotatable bonds is 0. The molecule has 2 aliphatic rings. The van der Waals surface area contributed by atoms with Crippen LogP contribution in [0.15, 0.2) is 12.2 Å². The standard InChI is InChI=1S/C17H28O2/c1-14-11-9-7-5-3-2-4-6-8-10-12-15-16(13-14)19-17(15)18/h5,7,14-16H,2-4,6,8-13H2,1H3/b7-5-/t14?,15?,16-/m0/s1. The fourth-order valence-electron chi connectivity index (χ4n) is 3.20. The Bertz CT molecular complexity index is 308. The lowest BCUT2D eigenvalue weighted by Crippen LogP contribution is -2.45. The fourth-order valence-corrected chi connectivity index (χ4v) is 3.20. The van der Waals surface area contributed by atoms with E-state index in [-0.39, 0.29) is 18.0 Å². The average molecular weight is 264 g/mol. The molecule has 3 atom stereocenters. The van der Waals surface area contributed by atoms with Gasteiger partial charge < -0.3 is 4.74 Å². The van der Waals surface area contributed by atoms with Crippen LogP contribution in [0.25, 0.3) is 0 Å². The molecule has 0 aromatic heterocycles. The molecule has 2 rings (SSSR count). The zero-order chi connectivity index (χ0) is 13.5. The Morgan fingerprint density at radius 2 is 1.74 bits per heavy atom. The summed E-state index contributed by atoms with van der Waals surface area (Å²) in [5.41, 5.74) is 0. The molecule has 0 N–H and O–H groups in total. The van der Waals surface area contributed by atoms with Gasteiger partial charge in [0, 0.05) is 0 Å². The number of carbonyl (C=O) groups excluding carboxylic acids is 1. The molecule has 0 bridgehead atoms. The lowest BCUT2D eigenvalue weighted by molar-refractivity contribution is -0.187. The third-order valence-electron chi connectivity index (χ3n) is 4.53. The minimum absolute atomic E-state index is 0.0569. The quantitative estimate of drug-likeness (QED) is 0.471. The Balaban J connectivity index is 1.82. The number of hydrogen-bond acceptors (Lipinski definition) is 2. The van der Waals surface area contributed by atoms with E-state index in [1.165, 1.54) is 51.4 Å². The van der Waals surface area contributed by atoms with E-state index in [4.69, 9.17) is 4.74 Å². The topological polar surface area (TPSA) is 26.3 Å². The first-order valence-corrected chi connectivity index (χ1v) is 8.13. The number of ether oxygens (including phenoxy) is 1. The van der Waals surface area contributed by atoms with Crippen LogP contribution in [0.2, 0.25) is 0 Å². The van der Waals surface area contributed by atoms with Crippen LogP contribution in [0.4, 0.5) is 0 Å². The number of allylic oxidation sites excluding steroid dienone is 2. The van der Waals surface area contributed by atoms with Crippen LogP contribution in [0.3, 0.4) is 0 Å². The number of hydrogen-bond donors (Lipinski definition) is 0. The van der Waals surface area contributed by atoms with Crippen LogP contribution in [0.1, 0.15) is 71.1 Å². The van der Waals surface area contributed by atoms with Gasteiger partial charge in [0.1, 0.15) is 6.10 Å². The summed E-state index contributed by atoms with van der Waals surface area (Å²) in [5, 5.41) is 0. The fraction of sp³-hybridized carbons (Fsp3) is 0.824. The van der Waals surface area contributed by atoms with E-state index in [9.17, 15) is 4.79 Å². The molecule has 0 radical (unpaired) electrons. The van der Waals surface area contributed by atoms with Gasteiger partial charge >= 0.3 is 5.97 Å². The molecule has 19 heavy (non-hydrogen) atoms. The Morgan fingerprint density at radius 3 is 2.58 bits per heavy atom. The summed E-state index contributed by atoms with van der Waals surface area (Å²) in [4.78, 5) is 11.5. The summed E-state index contributed by atoms with van der Waals surface area (Å²) in [6.45, 7) is 2.29. The van der Waals surface area contributed by atoms with Crippen LogP contribution >= 0.6 is 0 Å². The summed E-state index contributed by atoms with van der Waals surface area (Å²) >= 11 is 0. The molecule has 1 aliphatic heterocycles. The van der Waals surface area contributed by atoms with Gasteiger partial charge in [-0.2, -0.15) is 0 Å². The molecule has 1 heterocycles. The zero-order valence-corrected chi connectivity index (χ0v) is 12.3. The summed E-state index contributed by atoms with van der Waals surface area (Å²) in [6.07, 6.45) is 17.1. The Morgan fingerprint density at radius 1 is 1.00 bits per heavy atom. The zero-order valence-electron chi connectivity index (χ0n) is 12.3. The Labute approximate surface area is 117 Å². The smallest absolute Gasteiger partial charge is 0.313 e. The van der Waals surface area contributed by atoms with E-state index in [2.05, 4.69) is 19.1 Å². The Kier molecular flexibility index (Phi) is 5.93. The molecule has 0 aromatic rings. The maximum atomic E-state index is 11.5. The first kappa shape index (κ1) is 14.6. The molecule has 1 fully saturated rings. The normalized spacial score (nSPS) is 36.1. The predicted molar refractivity (Wildman–Crippen MR) is 77.8 cm³/mol. The molecule has 1 saturated heterocycles. The summed E-state index contributed by atoms with van der Waals surface area (Å²) in [6, 6.07) is 0. The van der Waals surface area contributed by atoms with Gasteiger partial charge in [-0.1, -0.05) is 44.8 Å². The van der Waals surface area contributed by atoms with E-state index in [0.29, 0.717) is 5.92 Å². The highest BCUT2D eigenvalue weighted by Gasteiger charge is 2.41. The van der Waals surface area contributed by atoms with Crippen molar-refractivity contribution in [1.29, 1.82) is 0 Å². The maximum absolute atomic E-state index is 11.5. The van der Waals surface area contributed by atoms with Crippen molar-refractivity contribution in [3.05, 3.63) is 12.2 Å². The van der Waals surface area contributed by atoms with Crippen LogP contribution < -0.4 is 0 Å². The van der Waals surface area contributed by atoms with Gasteiger partial charge in [-0.05, 0) is 44.4 Å². The largest absolute Gasteiger partial charge is 0.461 e. The molecule has 2 unspecified atom stereocenters. The van der Waals surface area contributed by atoms with Crippen molar-refractivity contribution in [3.8, 4) is 0 Å². The van der Waals surface area contributed by atoms with Crippen molar-refractivity contribution in [3.63, 3.8) is 0 Å². The molecule has 0 amide bonds. The number of esters is 1. The number of carbonyl (C=O) groups is 1. The predicted octanol–water partition coefficient (Wildman–Crippen LogP) is 4.63. The van der Waals surface area contributed by atoms with Gasteiger partial charge in [-0.3, -0.25) is 4.79 Å². The van der Waals surface area contributed by atoms with Gasteiger partial charge in [0.2, 0.25) is 0 Å². The Hall–Kier alpha value is -0.790. The molecule has 0 saturated carbocycles. The first-order chi connectivity index (χ1) is 9.27. The van der Waals surface area contributed by atoms with Gasteiger partial charge in [0.15, 0.2) is 0 Å². The van der Waals surface area contributed by atoms with Crippen molar-refractivity contribution < 1.29 is 9.53 Å². The highest BCUT2D eigenvalue weighted by molar-refractivity contribution is 5.78. The van der Waals surface area contributed by atoms with Gasteiger partial charge in [0.05, 0.1) is 5.92 Å². The highest BCUT2D eigenvalue weighted by atomic mass is 16.6. The van der Waals surface area contributed by atoms with Gasteiger partial charge in [-0.25, -0.2) is 0 Å². The molecular formula is C17H28O2. The van der Waals surface area contributed by atoms with Gasteiger partial charge in [-0.15, -0.1) is 0 Å². The third-order valence-corrected chi connectivity index (χ3v) is 4.53. The minimum Gasteiger partial charge on any atom is -0.461 e. The van der Waals surface area contributed by atoms with E-state index < -0.39 is 0 Å². The van der Waals surface area contributed by atoms with Crippen LogP contribution in [-0.2, 0) is 9.53 Å². The van der Waals surface area contributed by atoms with Crippen molar-refractivity contribution >= 4 is 5.97 Å². The summed E-state index contributed by atoms with van der Waals surface area (Å²) in [5.74, 6) is 0.930. The van der Waals surface area contributed by atoms with Crippen LogP contribution in [-0.4, -0.2) is 12.1 Å². The molecule has 0 aromatic carbocycles. The van der Waals surface area contributed by atoms with E-state index in [0.717, 1.165) is 12.8 Å². The molecule has 108 valence electrons. The van der Waals surface area contributed by atoms with Crippen LogP contribution in [0.5, 0.6) is 0 Å². The van der Waals surface area contributed by atoms with Crippen molar-refractivity contribution in [1.82, 2.24) is 0 Å². The summed E-state index contributed by atoms with van der Waals surface area (Å²) < 4.78 is 5.34. The van der Waals surface area contributed by atoms with Crippen molar-refractivity contribution in [2.45, 2.75) is 77.2 Å². The minimum atomic E-state index is 0.0569. The highest BCUT2D eigenvalue weighted by Crippen LogP contribution is 2.33. The second-order valence-corrected chi connectivity index (χ2v) is 6.32. The second kappa shape index (κ2) is 7.72. The lowest BCUT2D eigenvalue weighted by atomic mass is 9.84. The average Bonchev–Trinajstić information content (AvgIpc) is 2.39. The van der Waals surface area contributed by atoms with Gasteiger partial charge in [0.25, 0.3) is 0 Å².